The van der Waals surface area contributed by atoms with Crippen molar-refractivity contribution in [3.8, 4) is 11.4 Å². The highest BCUT2D eigenvalue weighted by Crippen LogP contribution is 2.17. The van der Waals surface area contributed by atoms with Crippen LogP contribution in [-0.4, -0.2) is 25.8 Å². The number of carboxylic acid groups (broad SMARTS) is 1. The first-order valence-electron chi connectivity index (χ1n) is 5.44. The average Bonchev–Trinajstić information content (AvgIpc) is 2.69. The van der Waals surface area contributed by atoms with E-state index in [2.05, 4.69) is 10.1 Å². The number of nitrogens with zero attached hydrogens (tertiary/aromatic N) is 3. The number of aromatic nitrogens is 3. The fourth-order valence-corrected chi connectivity index (χ4v) is 1.61. The molecule has 0 amide bonds. The lowest BCUT2D eigenvalue weighted by Crippen LogP contribution is -1.99. The normalized spacial score (nSPS) is 10.6. The Balaban J connectivity index is 2.23. The molecule has 0 atom stereocenters. The summed E-state index contributed by atoms with van der Waals surface area (Å²) < 4.78 is 14.4. The van der Waals surface area contributed by atoms with Crippen molar-refractivity contribution in [3.63, 3.8) is 0 Å². The van der Waals surface area contributed by atoms with Crippen molar-refractivity contribution >= 4 is 5.97 Å². The lowest BCUT2D eigenvalue weighted by Gasteiger charge is -1.98. The number of aliphatic carboxylic acids is 1. The van der Waals surface area contributed by atoms with E-state index in [4.69, 9.17) is 5.11 Å². The molecule has 0 unspecified atom stereocenters. The van der Waals surface area contributed by atoms with Gasteiger partial charge in [0.15, 0.2) is 11.6 Å². The summed E-state index contributed by atoms with van der Waals surface area (Å²) >= 11 is 0. The molecule has 0 aliphatic rings. The number of aryl methyl sites for hydroxylation is 2. The Hall–Kier alpha value is -2.24. The molecule has 1 aromatic heterocycles. The molecule has 2 aromatic rings. The Morgan fingerprint density at radius 3 is 2.67 bits per heavy atom. The van der Waals surface area contributed by atoms with Gasteiger partial charge in [0, 0.05) is 19.0 Å². The minimum Gasteiger partial charge on any atom is -0.481 e. The molecule has 18 heavy (non-hydrogen) atoms. The van der Waals surface area contributed by atoms with Gasteiger partial charge in [-0.05, 0) is 24.3 Å². The predicted molar refractivity (Wildman–Crippen MR) is 62.4 cm³/mol. The zero-order chi connectivity index (χ0) is 13.1. The number of benzene rings is 1. The predicted octanol–water partition coefficient (Wildman–Crippen LogP) is 1.64. The molecular weight excluding hydrogens is 237 g/mol. The number of hydrogen-bond donors (Lipinski definition) is 1. The van der Waals surface area contributed by atoms with Crippen molar-refractivity contribution in [2.24, 2.45) is 7.05 Å². The van der Waals surface area contributed by atoms with Gasteiger partial charge in [0.2, 0.25) is 0 Å². The van der Waals surface area contributed by atoms with E-state index < -0.39 is 5.97 Å². The molecule has 0 aliphatic carbocycles. The number of carboxylic acids is 1. The molecule has 6 heteroatoms. The molecule has 0 saturated heterocycles. The van der Waals surface area contributed by atoms with Crippen molar-refractivity contribution in [2.45, 2.75) is 12.8 Å². The van der Waals surface area contributed by atoms with E-state index in [0.717, 1.165) is 5.56 Å². The van der Waals surface area contributed by atoms with Gasteiger partial charge < -0.3 is 5.11 Å². The zero-order valence-electron chi connectivity index (χ0n) is 9.80. The molecule has 5 nitrogen and oxygen atoms in total. The van der Waals surface area contributed by atoms with Crippen LogP contribution in [0.2, 0.25) is 0 Å². The summed E-state index contributed by atoms with van der Waals surface area (Å²) in [5, 5.41) is 12.7. The van der Waals surface area contributed by atoms with Gasteiger partial charge in [-0.1, -0.05) is 0 Å². The van der Waals surface area contributed by atoms with Crippen LogP contribution in [0.4, 0.5) is 4.39 Å². The second kappa shape index (κ2) is 4.95. The van der Waals surface area contributed by atoms with Crippen LogP contribution < -0.4 is 0 Å². The summed E-state index contributed by atoms with van der Waals surface area (Å²) in [7, 11) is 1.72. The van der Waals surface area contributed by atoms with Crippen molar-refractivity contribution < 1.29 is 14.3 Å². The lowest BCUT2D eigenvalue weighted by atomic mass is 10.2. The highest BCUT2D eigenvalue weighted by Gasteiger charge is 2.10. The maximum Gasteiger partial charge on any atom is 0.303 e. The number of carbonyl (C=O) groups is 1. The van der Waals surface area contributed by atoms with E-state index in [0.29, 0.717) is 11.6 Å². The molecule has 0 saturated carbocycles. The third-order valence-corrected chi connectivity index (χ3v) is 2.47. The summed E-state index contributed by atoms with van der Waals surface area (Å²) in [6, 6.07) is 5.92. The van der Waals surface area contributed by atoms with Crippen LogP contribution in [0.1, 0.15) is 12.2 Å². The van der Waals surface area contributed by atoms with Gasteiger partial charge in [0.1, 0.15) is 5.82 Å². The second-order valence-electron chi connectivity index (χ2n) is 3.88. The van der Waals surface area contributed by atoms with E-state index in [-0.39, 0.29) is 18.7 Å². The first kappa shape index (κ1) is 12.2. The molecule has 0 aliphatic heterocycles. The minimum absolute atomic E-state index is 0.00707. The molecule has 0 radical (unpaired) electrons. The zero-order valence-corrected chi connectivity index (χ0v) is 9.80. The molecule has 1 heterocycles. The molecule has 2 rings (SSSR count). The largest absolute Gasteiger partial charge is 0.481 e. The Kier molecular flexibility index (Phi) is 3.36. The summed E-state index contributed by atoms with van der Waals surface area (Å²) in [4.78, 5) is 14.7. The fourth-order valence-electron chi connectivity index (χ4n) is 1.61. The Morgan fingerprint density at radius 1 is 1.39 bits per heavy atom. The topological polar surface area (TPSA) is 68.0 Å². The molecule has 1 N–H and O–H groups in total. The molecule has 94 valence electrons. The lowest BCUT2D eigenvalue weighted by molar-refractivity contribution is -0.137. The molecule has 0 spiro atoms. The SMILES string of the molecule is Cn1nc(CCC(=O)O)nc1-c1ccc(F)cc1. The quantitative estimate of drug-likeness (QED) is 0.894. The van der Waals surface area contributed by atoms with Crippen molar-refractivity contribution in [1.29, 1.82) is 0 Å². The van der Waals surface area contributed by atoms with Crippen LogP contribution in [0.25, 0.3) is 11.4 Å². The van der Waals surface area contributed by atoms with E-state index in [1.54, 1.807) is 23.9 Å². The van der Waals surface area contributed by atoms with E-state index in [1.165, 1.54) is 12.1 Å². The van der Waals surface area contributed by atoms with Gasteiger partial charge in [0.05, 0.1) is 6.42 Å². The van der Waals surface area contributed by atoms with Crippen LogP contribution in [-0.2, 0) is 18.3 Å². The summed E-state index contributed by atoms with van der Waals surface area (Å²) in [5.74, 6) is -0.132. The van der Waals surface area contributed by atoms with Gasteiger partial charge in [-0.15, -0.1) is 0 Å². The number of hydrogen-bond acceptors (Lipinski definition) is 3. The van der Waals surface area contributed by atoms with E-state index in [9.17, 15) is 9.18 Å². The third kappa shape index (κ3) is 2.71. The smallest absolute Gasteiger partial charge is 0.303 e. The Labute approximate surface area is 103 Å². The molecule has 0 bridgehead atoms. The van der Waals surface area contributed by atoms with Gasteiger partial charge in [-0.3, -0.25) is 4.79 Å². The molecule has 1 aromatic carbocycles. The van der Waals surface area contributed by atoms with Crippen LogP contribution in [0.3, 0.4) is 0 Å². The maximum absolute atomic E-state index is 12.8. The van der Waals surface area contributed by atoms with Crippen LogP contribution >= 0.6 is 0 Å². The van der Waals surface area contributed by atoms with E-state index >= 15 is 0 Å². The third-order valence-electron chi connectivity index (χ3n) is 2.47. The fraction of sp³-hybridized carbons (Fsp3) is 0.250. The standard InChI is InChI=1S/C12H12FN3O2/c1-16-12(8-2-4-9(13)5-3-8)14-10(15-16)6-7-11(17)18/h2-5H,6-7H2,1H3,(H,17,18). The minimum atomic E-state index is -0.884. The Bertz CT molecular complexity index is 563. The van der Waals surface area contributed by atoms with Gasteiger partial charge in [-0.2, -0.15) is 5.10 Å². The van der Waals surface area contributed by atoms with Crippen LogP contribution in [0.5, 0.6) is 0 Å². The van der Waals surface area contributed by atoms with E-state index in [1.807, 2.05) is 0 Å². The Morgan fingerprint density at radius 2 is 2.06 bits per heavy atom. The summed E-state index contributed by atoms with van der Waals surface area (Å²) in [6.45, 7) is 0. The van der Waals surface area contributed by atoms with Crippen molar-refractivity contribution in [2.75, 3.05) is 0 Å². The summed E-state index contributed by atoms with van der Waals surface area (Å²) in [6.07, 6.45) is 0.275. The highest BCUT2D eigenvalue weighted by molar-refractivity contribution is 5.67. The van der Waals surface area contributed by atoms with Crippen molar-refractivity contribution in [3.05, 3.63) is 35.9 Å². The first-order valence-corrected chi connectivity index (χ1v) is 5.44. The monoisotopic (exact) mass is 249 g/mol. The van der Waals surface area contributed by atoms with Crippen LogP contribution in [0.15, 0.2) is 24.3 Å². The number of rotatable bonds is 4. The van der Waals surface area contributed by atoms with Gasteiger partial charge >= 0.3 is 5.97 Å². The second-order valence-corrected chi connectivity index (χ2v) is 3.88. The van der Waals surface area contributed by atoms with Crippen molar-refractivity contribution in [1.82, 2.24) is 14.8 Å². The molecule has 0 fully saturated rings. The number of halogens is 1. The van der Waals surface area contributed by atoms with Gasteiger partial charge in [-0.25, -0.2) is 14.1 Å². The highest BCUT2D eigenvalue weighted by atomic mass is 19.1. The maximum atomic E-state index is 12.8. The molecular formula is C12H12FN3O2. The van der Waals surface area contributed by atoms with Crippen LogP contribution in [0, 0.1) is 5.82 Å². The van der Waals surface area contributed by atoms with Gasteiger partial charge in [0.25, 0.3) is 0 Å². The average molecular weight is 249 g/mol. The summed E-state index contributed by atoms with van der Waals surface area (Å²) in [5.41, 5.74) is 0.743. The first-order chi connectivity index (χ1) is 8.56.